The van der Waals surface area contributed by atoms with Crippen molar-refractivity contribution >= 4 is 29.4 Å². The number of rotatable bonds is 4. The molecule has 1 saturated heterocycles. The molecule has 2 aliphatic heterocycles. The molecule has 0 aromatic carbocycles. The number of hydrogen-bond acceptors (Lipinski definition) is 7. The molecule has 3 aromatic rings. The average molecular weight is 389 g/mol. The van der Waals surface area contributed by atoms with Crippen LogP contribution in [-0.2, 0) is 9.53 Å². The van der Waals surface area contributed by atoms with Gasteiger partial charge in [-0.25, -0.2) is 9.97 Å². The highest BCUT2D eigenvalue weighted by Crippen LogP contribution is 2.33. The Balaban J connectivity index is 1.36. The number of nitrogens with one attached hydrogen (secondary N) is 1. The fourth-order valence-corrected chi connectivity index (χ4v) is 3.48. The maximum absolute atomic E-state index is 12.4. The van der Waals surface area contributed by atoms with Gasteiger partial charge in [-0.3, -0.25) is 9.79 Å². The Morgan fingerprint density at radius 3 is 2.83 bits per heavy atom. The van der Waals surface area contributed by atoms with Crippen LogP contribution in [0.25, 0.3) is 11.3 Å². The molecule has 1 amide bonds. The second-order valence-corrected chi connectivity index (χ2v) is 6.86. The largest absolute Gasteiger partial charge is 0.464 e. The van der Waals surface area contributed by atoms with Crippen LogP contribution >= 0.6 is 0 Å². The van der Waals surface area contributed by atoms with Crippen molar-refractivity contribution in [2.75, 3.05) is 36.5 Å². The minimum Gasteiger partial charge on any atom is -0.464 e. The Hall–Kier alpha value is -3.52. The maximum atomic E-state index is 12.4. The molecule has 5 heterocycles. The van der Waals surface area contributed by atoms with Gasteiger partial charge in [-0.15, -0.1) is 0 Å². The second kappa shape index (κ2) is 7.48. The van der Waals surface area contributed by atoms with Crippen LogP contribution in [0.5, 0.6) is 0 Å². The van der Waals surface area contributed by atoms with Gasteiger partial charge in [-0.1, -0.05) is 0 Å². The summed E-state index contributed by atoms with van der Waals surface area (Å²) in [5.41, 5.74) is 2.30. The molecule has 0 aliphatic carbocycles. The van der Waals surface area contributed by atoms with Crippen molar-refractivity contribution < 1.29 is 13.9 Å². The number of fused-ring (bicyclic) bond motifs is 1. The normalized spacial score (nSPS) is 18.8. The number of aromatic nitrogens is 2. The van der Waals surface area contributed by atoms with Gasteiger partial charge in [0.25, 0.3) is 0 Å². The zero-order chi connectivity index (χ0) is 19.6. The highest BCUT2D eigenvalue weighted by Gasteiger charge is 2.31. The number of nitrogens with zero attached hydrogens (tertiary/aromatic N) is 4. The van der Waals surface area contributed by atoms with Gasteiger partial charge in [0.05, 0.1) is 31.4 Å². The van der Waals surface area contributed by atoms with Gasteiger partial charge in [-0.2, -0.15) is 0 Å². The van der Waals surface area contributed by atoms with Crippen LogP contribution in [0.3, 0.4) is 0 Å². The van der Waals surface area contributed by atoms with E-state index >= 15 is 0 Å². The standard InChI is InChI=1S/C21H19N5O3/c27-21-17(16-10-14(11-24-20(16)25-21)18-2-1-7-29-18)13-22-15-3-4-19(23-12-15)26-5-8-28-9-6-26/h1-4,7,10-13,17H,5-6,8-9H2,(H,24,25,27). The third kappa shape index (κ3) is 3.50. The summed E-state index contributed by atoms with van der Waals surface area (Å²) in [5, 5.41) is 2.80. The summed E-state index contributed by atoms with van der Waals surface area (Å²) >= 11 is 0. The van der Waals surface area contributed by atoms with E-state index in [1.165, 1.54) is 0 Å². The van der Waals surface area contributed by atoms with E-state index in [9.17, 15) is 4.79 Å². The lowest BCUT2D eigenvalue weighted by Gasteiger charge is -2.27. The molecule has 29 heavy (non-hydrogen) atoms. The molecule has 8 nitrogen and oxygen atoms in total. The second-order valence-electron chi connectivity index (χ2n) is 6.86. The molecule has 0 saturated carbocycles. The van der Waals surface area contributed by atoms with E-state index in [-0.39, 0.29) is 5.91 Å². The van der Waals surface area contributed by atoms with E-state index in [2.05, 4.69) is 25.2 Å². The molecule has 1 fully saturated rings. The van der Waals surface area contributed by atoms with Gasteiger partial charge in [0.2, 0.25) is 5.91 Å². The number of pyridine rings is 2. The van der Waals surface area contributed by atoms with Gasteiger partial charge < -0.3 is 19.4 Å². The van der Waals surface area contributed by atoms with Crippen LogP contribution in [-0.4, -0.2) is 48.4 Å². The number of morpholine rings is 1. The molecule has 5 rings (SSSR count). The number of furan rings is 1. The Labute approximate surface area is 167 Å². The van der Waals surface area contributed by atoms with Crippen molar-refractivity contribution in [3.63, 3.8) is 0 Å². The molecule has 1 N–H and O–H groups in total. The summed E-state index contributed by atoms with van der Waals surface area (Å²) in [6, 6.07) is 9.43. The Morgan fingerprint density at radius 2 is 2.07 bits per heavy atom. The van der Waals surface area contributed by atoms with Crippen molar-refractivity contribution in [2.45, 2.75) is 5.92 Å². The predicted molar refractivity (Wildman–Crippen MR) is 109 cm³/mol. The number of amides is 1. The fourth-order valence-electron chi connectivity index (χ4n) is 3.48. The summed E-state index contributed by atoms with van der Waals surface area (Å²) < 4.78 is 10.8. The quantitative estimate of drug-likeness (QED) is 0.690. The zero-order valence-corrected chi connectivity index (χ0v) is 15.6. The predicted octanol–water partition coefficient (Wildman–Crippen LogP) is 3.01. The Morgan fingerprint density at radius 1 is 1.17 bits per heavy atom. The molecule has 8 heteroatoms. The van der Waals surface area contributed by atoms with E-state index in [1.54, 1.807) is 24.9 Å². The van der Waals surface area contributed by atoms with Crippen molar-refractivity contribution in [1.82, 2.24) is 9.97 Å². The van der Waals surface area contributed by atoms with Crippen LogP contribution in [0.1, 0.15) is 11.5 Å². The number of carbonyl (C=O) groups is 1. The number of aliphatic imine (C=N–C) groups is 1. The molecule has 2 aliphatic rings. The topological polar surface area (TPSA) is 92.9 Å². The SMILES string of the molecule is O=C1Nc2ncc(-c3ccco3)cc2C1C=Nc1ccc(N2CCOCC2)nc1. The van der Waals surface area contributed by atoms with Gasteiger partial charge in [0, 0.05) is 36.6 Å². The van der Waals surface area contributed by atoms with Crippen LogP contribution < -0.4 is 10.2 Å². The molecule has 1 atom stereocenters. The highest BCUT2D eigenvalue weighted by molar-refractivity contribution is 6.12. The fraction of sp³-hybridized carbons (Fsp3) is 0.238. The first-order chi connectivity index (χ1) is 14.3. The Bertz CT molecular complexity index is 1040. The molecule has 1 unspecified atom stereocenters. The first kappa shape index (κ1) is 17.6. The number of ether oxygens (including phenoxy) is 1. The first-order valence-corrected chi connectivity index (χ1v) is 9.45. The van der Waals surface area contributed by atoms with E-state index in [0.717, 1.165) is 30.0 Å². The van der Waals surface area contributed by atoms with Crippen LogP contribution in [0.2, 0.25) is 0 Å². The minimum absolute atomic E-state index is 0.147. The average Bonchev–Trinajstić information content (AvgIpc) is 3.40. The summed E-state index contributed by atoms with van der Waals surface area (Å²) in [6.07, 6.45) is 6.65. The van der Waals surface area contributed by atoms with Gasteiger partial charge in [0.15, 0.2) is 0 Å². The van der Waals surface area contributed by atoms with Gasteiger partial charge in [-0.05, 0) is 30.3 Å². The molecule has 146 valence electrons. The molecule has 0 radical (unpaired) electrons. The van der Waals surface area contributed by atoms with Crippen LogP contribution in [0.4, 0.5) is 17.3 Å². The lowest BCUT2D eigenvalue weighted by Crippen LogP contribution is -2.36. The molecule has 0 bridgehead atoms. The minimum atomic E-state index is -0.508. The van der Waals surface area contributed by atoms with Crippen molar-refractivity contribution in [2.24, 2.45) is 4.99 Å². The van der Waals surface area contributed by atoms with Gasteiger partial charge >= 0.3 is 0 Å². The third-order valence-corrected chi connectivity index (χ3v) is 5.02. The molecular formula is C21H19N5O3. The highest BCUT2D eigenvalue weighted by atomic mass is 16.5. The zero-order valence-electron chi connectivity index (χ0n) is 15.6. The first-order valence-electron chi connectivity index (χ1n) is 9.45. The van der Waals surface area contributed by atoms with Gasteiger partial charge in [0.1, 0.15) is 23.3 Å². The smallest absolute Gasteiger partial charge is 0.238 e. The van der Waals surface area contributed by atoms with Crippen LogP contribution in [0, 0.1) is 0 Å². The van der Waals surface area contributed by atoms with E-state index in [4.69, 9.17) is 9.15 Å². The lowest BCUT2D eigenvalue weighted by atomic mass is 10.0. The molecule has 0 spiro atoms. The number of carbonyl (C=O) groups excluding carboxylic acids is 1. The summed E-state index contributed by atoms with van der Waals surface area (Å²) in [5.74, 6) is 1.52. The van der Waals surface area contributed by atoms with Crippen molar-refractivity contribution in [3.8, 4) is 11.3 Å². The molecular weight excluding hydrogens is 370 g/mol. The lowest BCUT2D eigenvalue weighted by molar-refractivity contribution is -0.115. The van der Waals surface area contributed by atoms with Crippen molar-refractivity contribution in [1.29, 1.82) is 0 Å². The van der Waals surface area contributed by atoms with E-state index < -0.39 is 5.92 Å². The van der Waals surface area contributed by atoms with E-state index in [1.807, 2.05) is 30.3 Å². The van der Waals surface area contributed by atoms with E-state index in [0.29, 0.717) is 30.5 Å². The maximum Gasteiger partial charge on any atom is 0.238 e. The number of hydrogen-bond donors (Lipinski definition) is 1. The monoisotopic (exact) mass is 389 g/mol. The number of anilines is 2. The Kier molecular flexibility index (Phi) is 4.53. The summed E-state index contributed by atoms with van der Waals surface area (Å²) in [7, 11) is 0. The third-order valence-electron chi connectivity index (χ3n) is 5.02. The summed E-state index contributed by atoms with van der Waals surface area (Å²) in [6.45, 7) is 3.09. The van der Waals surface area contributed by atoms with Crippen molar-refractivity contribution in [3.05, 3.63) is 54.6 Å². The molecule has 3 aromatic heterocycles. The van der Waals surface area contributed by atoms with Crippen LogP contribution in [0.15, 0.2) is 58.4 Å². The summed E-state index contributed by atoms with van der Waals surface area (Å²) in [4.78, 5) is 27.9.